The molecular weight excluding hydrogens is 237 g/mol. The molecule has 18 heavy (non-hydrogen) atoms. The standard InChI is InChI=1S/C12H16FN3O2/c1-3-9-10(13)11(15-6-14-9)16-4-7(2)8(5-16)12(17)18/h6-8H,3-5H2,1-2H3,(H,17,18). The fraction of sp³-hybridized carbons (Fsp3) is 0.583. The molecular formula is C12H16FN3O2. The van der Waals surface area contributed by atoms with Crippen LogP contribution in [0.5, 0.6) is 0 Å². The van der Waals surface area contributed by atoms with E-state index in [0.29, 0.717) is 25.2 Å². The Morgan fingerprint density at radius 2 is 2.28 bits per heavy atom. The van der Waals surface area contributed by atoms with E-state index < -0.39 is 17.7 Å². The first-order valence-corrected chi connectivity index (χ1v) is 6.01. The van der Waals surface area contributed by atoms with Crippen molar-refractivity contribution in [1.29, 1.82) is 0 Å². The number of hydrogen-bond donors (Lipinski definition) is 1. The van der Waals surface area contributed by atoms with Crippen molar-refractivity contribution in [1.82, 2.24) is 9.97 Å². The molecule has 1 N–H and O–H groups in total. The monoisotopic (exact) mass is 253 g/mol. The van der Waals surface area contributed by atoms with Gasteiger partial charge in [0.1, 0.15) is 6.33 Å². The van der Waals surface area contributed by atoms with Crippen LogP contribution in [0.1, 0.15) is 19.5 Å². The van der Waals surface area contributed by atoms with Crippen molar-refractivity contribution in [2.24, 2.45) is 11.8 Å². The van der Waals surface area contributed by atoms with Crippen molar-refractivity contribution in [2.45, 2.75) is 20.3 Å². The van der Waals surface area contributed by atoms with Crippen LogP contribution in [-0.2, 0) is 11.2 Å². The van der Waals surface area contributed by atoms with Crippen molar-refractivity contribution in [2.75, 3.05) is 18.0 Å². The maximum Gasteiger partial charge on any atom is 0.308 e. The summed E-state index contributed by atoms with van der Waals surface area (Å²) >= 11 is 0. The summed E-state index contributed by atoms with van der Waals surface area (Å²) in [7, 11) is 0. The lowest BCUT2D eigenvalue weighted by atomic mass is 9.99. The number of nitrogens with zero attached hydrogens (tertiary/aromatic N) is 3. The minimum Gasteiger partial charge on any atom is -0.481 e. The van der Waals surface area contributed by atoms with Gasteiger partial charge in [-0.1, -0.05) is 13.8 Å². The average Bonchev–Trinajstić information content (AvgIpc) is 2.71. The minimum atomic E-state index is -0.838. The maximum absolute atomic E-state index is 14.1. The van der Waals surface area contributed by atoms with E-state index in [-0.39, 0.29) is 11.7 Å². The van der Waals surface area contributed by atoms with Gasteiger partial charge in [-0.2, -0.15) is 0 Å². The molecule has 0 aliphatic carbocycles. The van der Waals surface area contributed by atoms with E-state index in [2.05, 4.69) is 9.97 Å². The van der Waals surface area contributed by atoms with E-state index in [9.17, 15) is 9.18 Å². The predicted molar refractivity (Wildman–Crippen MR) is 63.9 cm³/mol. The number of rotatable bonds is 3. The molecule has 2 atom stereocenters. The van der Waals surface area contributed by atoms with Gasteiger partial charge in [0.25, 0.3) is 0 Å². The zero-order valence-electron chi connectivity index (χ0n) is 10.4. The Kier molecular flexibility index (Phi) is 3.45. The Morgan fingerprint density at radius 1 is 1.56 bits per heavy atom. The maximum atomic E-state index is 14.1. The minimum absolute atomic E-state index is 0.0121. The van der Waals surface area contributed by atoms with Gasteiger partial charge in [0.05, 0.1) is 11.6 Å². The summed E-state index contributed by atoms with van der Waals surface area (Å²) in [5.74, 6) is -1.53. The van der Waals surface area contributed by atoms with Crippen LogP contribution in [0.4, 0.5) is 10.2 Å². The Morgan fingerprint density at radius 3 is 2.83 bits per heavy atom. The fourth-order valence-electron chi connectivity index (χ4n) is 2.32. The highest BCUT2D eigenvalue weighted by atomic mass is 19.1. The second-order valence-electron chi connectivity index (χ2n) is 4.64. The first-order chi connectivity index (χ1) is 8.54. The number of carboxylic acid groups (broad SMARTS) is 1. The van der Waals surface area contributed by atoms with E-state index in [0.717, 1.165) is 0 Å². The van der Waals surface area contributed by atoms with Crippen LogP contribution in [0, 0.1) is 17.7 Å². The van der Waals surface area contributed by atoms with Crippen molar-refractivity contribution in [3.05, 3.63) is 17.8 Å². The van der Waals surface area contributed by atoms with Gasteiger partial charge in [-0.15, -0.1) is 0 Å². The number of carbonyl (C=O) groups is 1. The lowest BCUT2D eigenvalue weighted by Gasteiger charge is -2.18. The van der Waals surface area contributed by atoms with Crippen molar-refractivity contribution in [3.8, 4) is 0 Å². The van der Waals surface area contributed by atoms with E-state index >= 15 is 0 Å². The average molecular weight is 253 g/mol. The summed E-state index contributed by atoms with van der Waals surface area (Å²) in [5, 5.41) is 9.07. The zero-order valence-corrected chi connectivity index (χ0v) is 10.4. The number of aliphatic carboxylic acids is 1. The molecule has 2 unspecified atom stereocenters. The molecule has 6 heteroatoms. The second kappa shape index (κ2) is 4.88. The molecule has 0 aromatic carbocycles. The lowest BCUT2D eigenvalue weighted by molar-refractivity contribution is -0.142. The molecule has 0 radical (unpaired) electrons. The molecule has 0 spiro atoms. The summed E-state index contributed by atoms with van der Waals surface area (Å²) in [6.07, 6.45) is 1.82. The van der Waals surface area contributed by atoms with Crippen LogP contribution in [0.2, 0.25) is 0 Å². The van der Waals surface area contributed by atoms with Gasteiger partial charge in [0, 0.05) is 13.1 Å². The highest BCUT2D eigenvalue weighted by Crippen LogP contribution is 2.29. The first-order valence-electron chi connectivity index (χ1n) is 6.01. The third-order valence-corrected chi connectivity index (χ3v) is 3.41. The summed E-state index contributed by atoms with van der Waals surface area (Å²) in [6, 6.07) is 0. The van der Waals surface area contributed by atoms with Gasteiger partial charge in [0.15, 0.2) is 11.6 Å². The van der Waals surface area contributed by atoms with Gasteiger partial charge >= 0.3 is 5.97 Å². The highest BCUT2D eigenvalue weighted by molar-refractivity contribution is 5.72. The molecule has 0 saturated carbocycles. The van der Waals surface area contributed by atoms with Crippen molar-refractivity contribution >= 4 is 11.8 Å². The normalized spacial score (nSPS) is 23.4. The number of carboxylic acids is 1. The van der Waals surface area contributed by atoms with Crippen LogP contribution in [0.15, 0.2) is 6.33 Å². The topological polar surface area (TPSA) is 66.3 Å². The van der Waals surface area contributed by atoms with Crippen molar-refractivity contribution < 1.29 is 14.3 Å². The highest BCUT2D eigenvalue weighted by Gasteiger charge is 2.36. The Labute approximate surface area is 105 Å². The molecule has 1 aliphatic heterocycles. The predicted octanol–water partition coefficient (Wildman–Crippen LogP) is 1.33. The third-order valence-electron chi connectivity index (χ3n) is 3.41. The first kappa shape index (κ1) is 12.7. The van der Waals surface area contributed by atoms with Gasteiger partial charge in [-0.05, 0) is 12.3 Å². The van der Waals surface area contributed by atoms with Crippen LogP contribution in [-0.4, -0.2) is 34.1 Å². The SMILES string of the molecule is CCc1ncnc(N2CC(C)C(C(=O)O)C2)c1F. The molecule has 98 valence electrons. The van der Waals surface area contributed by atoms with Crippen molar-refractivity contribution in [3.63, 3.8) is 0 Å². The molecule has 5 nitrogen and oxygen atoms in total. The number of hydrogen-bond acceptors (Lipinski definition) is 4. The third kappa shape index (κ3) is 2.14. The van der Waals surface area contributed by atoms with Gasteiger partial charge in [-0.25, -0.2) is 14.4 Å². The Bertz CT molecular complexity index is 467. The Balaban J connectivity index is 2.26. The van der Waals surface area contributed by atoms with Crippen LogP contribution in [0.25, 0.3) is 0 Å². The number of anilines is 1. The van der Waals surface area contributed by atoms with Gasteiger partial charge < -0.3 is 10.0 Å². The Hall–Kier alpha value is -1.72. The molecule has 0 amide bonds. The molecule has 1 aromatic heterocycles. The number of aromatic nitrogens is 2. The molecule has 1 fully saturated rings. The van der Waals surface area contributed by atoms with E-state index in [4.69, 9.17) is 5.11 Å². The summed E-state index contributed by atoms with van der Waals surface area (Å²) in [5.41, 5.74) is 0.367. The van der Waals surface area contributed by atoms with Crippen LogP contribution in [0.3, 0.4) is 0 Å². The largest absolute Gasteiger partial charge is 0.481 e. The fourth-order valence-corrected chi connectivity index (χ4v) is 2.32. The summed E-state index contributed by atoms with van der Waals surface area (Å²) < 4.78 is 14.1. The lowest BCUT2D eigenvalue weighted by Crippen LogP contribution is -2.25. The quantitative estimate of drug-likeness (QED) is 0.880. The van der Waals surface area contributed by atoms with Crippen LogP contribution >= 0.6 is 0 Å². The van der Waals surface area contributed by atoms with E-state index in [1.54, 1.807) is 4.90 Å². The van der Waals surface area contributed by atoms with Gasteiger partial charge in [0.2, 0.25) is 0 Å². The van der Waals surface area contributed by atoms with Gasteiger partial charge in [-0.3, -0.25) is 4.79 Å². The summed E-state index contributed by atoms with van der Waals surface area (Å²) in [4.78, 5) is 20.6. The molecule has 1 aliphatic rings. The smallest absolute Gasteiger partial charge is 0.308 e. The molecule has 0 bridgehead atoms. The van der Waals surface area contributed by atoms with E-state index in [1.807, 2.05) is 13.8 Å². The number of aryl methyl sites for hydroxylation is 1. The zero-order chi connectivity index (χ0) is 13.3. The van der Waals surface area contributed by atoms with E-state index in [1.165, 1.54) is 6.33 Å². The molecule has 1 saturated heterocycles. The molecule has 1 aromatic rings. The molecule has 2 heterocycles. The molecule has 2 rings (SSSR count). The second-order valence-corrected chi connectivity index (χ2v) is 4.64. The number of halogens is 1. The summed E-state index contributed by atoms with van der Waals surface area (Å²) in [6.45, 7) is 4.49. The van der Waals surface area contributed by atoms with Crippen LogP contribution < -0.4 is 4.90 Å².